The van der Waals surface area contributed by atoms with Crippen LogP contribution in [0.1, 0.15) is 0 Å². The molecule has 2 rings (SSSR count). The lowest BCUT2D eigenvalue weighted by atomic mass is 10.4. The van der Waals surface area contributed by atoms with E-state index in [1.165, 1.54) is 11.3 Å². The molecule has 0 bridgehead atoms. The minimum atomic E-state index is -0.901. The topological polar surface area (TPSA) is 25.8 Å². The molecule has 0 amide bonds. The van der Waals surface area contributed by atoms with Gasteiger partial charge in [-0.3, -0.25) is 0 Å². The van der Waals surface area contributed by atoms with E-state index in [-0.39, 0.29) is 10.3 Å². The SMILES string of the molecule is Fc1nc(-c2cc(Br)cs2)nc(F)c1Br. The highest BCUT2D eigenvalue weighted by atomic mass is 79.9. The fourth-order valence-corrected chi connectivity index (χ4v) is 2.47. The van der Waals surface area contributed by atoms with Gasteiger partial charge in [-0.05, 0) is 37.9 Å². The first kappa shape index (κ1) is 11.1. The van der Waals surface area contributed by atoms with Crippen LogP contribution in [-0.4, -0.2) is 9.97 Å². The van der Waals surface area contributed by atoms with E-state index in [2.05, 4.69) is 41.8 Å². The zero-order valence-corrected chi connectivity index (χ0v) is 11.0. The minimum absolute atomic E-state index is 0.0453. The highest BCUT2D eigenvalue weighted by molar-refractivity contribution is 9.10. The molecular formula is C8H2Br2F2N2S. The Bertz CT molecular complexity index is 492. The van der Waals surface area contributed by atoms with Crippen LogP contribution in [0.25, 0.3) is 10.7 Å². The van der Waals surface area contributed by atoms with Crippen molar-refractivity contribution in [2.45, 2.75) is 0 Å². The monoisotopic (exact) mass is 354 g/mol. The third-order valence-electron chi connectivity index (χ3n) is 1.56. The van der Waals surface area contributed by atoms with E-state index in [9.17, 15) is 8.78 Å². The van der Waals surface area contributed by atoms with Gasteiger partial charge in [0.15, 0.2) is 5.82 Å². The van der Waals surface area contributed by atoms with Crippen LogP contribution >= 0.6 is 43.2 Å². The molecule has 0 spiro atoms. The lowest BCUT2D eigenvalue weighted by molar-refractivity contribution is 0.516. The second kappa shape index (κ2) is 4.23. The van der Waals surface area contributed by atoms with Gasteiger partial charge < -0.3 is 0 Å². The van der Waals surface area contributed by atoms with Crippen LogP contribution in [0, 0.1) is 11.9 Å². The first-order valence-electron chi connectivity index (χ1n) is 3.71. The van der Waals surface area contributed by atoms with Crippen LogP contribution in [0.4, 0.5) is 8.78 Å². The molecule has 0 aliphatic heterocycles. The molecule has 0 saturated heterocycles. The Hall–Kier alpha value is -0.400. The Balaban J connectivity index is 2.55. The second-order valence-electron chi connectivity index (χ2n) is 2.57. The number of nitrogens with zero attached hydrogens (tertiary/aromatic N) is 2. The van der Waals surface area contributed by atoms with E-state index in [1.807, 2.05) is 0 Å². The Morgan fingerprint density at radius 2 is 1.73 bits per heavy atom. The van der Waals surface area contributed by atoms with Crippen molar-refractivity contribution < 1.29 is 8.78 Å². The molecule has 0 atom stereocenters. The average molecular weight is 356 g/mol. The molecule has 7 heteroatoms. The second-order valence-corrected chi connectivity index (χ2v) is 5.19. The summed E-state index contributed by atoms with van der Waals surface area (Å²) in [6.07, 6.45) is 0. The predicted octanol–water partition coefficient (Wildman–Crippen LogP) is 4.01. The van der Waals surface area contributed by atoms with Gasteiger partial charge in [0.25, 0.3) is 0 Å². The maximum atomic E-state index is 13.1. The van der Waals surface area contributed by atoms with Crippen LogP contribution in [0.2, 0.25) is 0 Å². The van der Waals surface area contributed by atoms with Crippen molar-refractivity contribution in [1.82, 2.24) is 9.97 Å². The van der Waals surface area contributed by atoms with Crippen LogP contribution in [0.3, 0.4) is 0 Å². The Labute approximate surface area is 105 Å². The van der Waals surface area contributed by atoms with Gasteiger partial charge in [0, 0.05) is 9.85 Å². The fourth-order valence-electron chi connectivity index (χ4n) is 0.935. The molecule has 2 heterocycles. The van der Waals surface area contributed by atoms with Gasteiger partial charge in [-0.2, -0.15) is 18.7 Å². The van der Waals surface area contributed by atoms with Gasteiger partial charge in [0.1, 0.15) is 4.47 Å². The molecule has 2 nitrogen and oxygen atoms in total. The van der Waals surface area contributed by atoms with Crippen molar-refractivity contribution in [3.8, 4) is 10.7 Å². The third kappa shape index (κ3) is 2.24. The predicted molar refractivity (Wildman–Crippen MR) is 60.7 cm³/mol. The van der Waals surface area contributed by atoms with Crippen molar-refractivity contribution in [3.05, 3.63) is 32.3 Å². The number of thiophene rings is 1. The zero-order chi connectivity index (χ0) is 11.0. The van der Waals surface area contributed by atoms with Crippen LogP contribution in [0.15, 0.2) is 20.4 Å². The first-order chi connectivity index (χ1) is 7.08. The van der Waals surface area contributed by atoms with Crippen LogP contribution in [0.5, 0.6) is 0 Å². The van der Waals surface area contributed by atoms with Crippen LogP contribution < -0.4 is 0 Å². The summed E-state index contributed by atoms with van der Waals surface area (Å²) in [6, 6.07) is 1.70. The van der Waals surface area contributed by atoms with Gasteiger partial charge in [0.2, 0.25) is 11.9 Å². The standard InChI is InChI=1S/C8H2Br2F2N2S/c9-3-1-4(15-2-3)8-13-6(11)5(10)7(12)14-8/h1-2H. The van der Waals surface area contributed by atoms with E-state index >= 15 is 0 Å². The quantitative estimate of drug-likeness (QED) is 0.722. The van der Waals surface area contributed by atoms with Crippen LogP contribution in [-0.2, 0) is 0 Å². The summed E-state index contributed by atoms with van der Waals surface area (Å²) in [5.74, 6) is -1.76. The van der Waals surface area contributed by atoms with E-state index in [4.69, 9.17) is 0 Å². The van der Waals surface area contributed by atoms with Gasteiger partial charge in [0.05, 0.1) is 4.88 Å². The molecule has 0 fully saturated rings. The molecule has 78 valence electrons. The summed E-state index contributed by atoms with van der Waals surface area (Å²) in [5.41, 5.74) is 0. The summed E-state index contributed by atoms with van der Waals surface area (Å²) < 4.78 is 26.7. The number of hydrogen-bond acceptors (Lipinski definition) is 3. The molecule has 0 aliphatic rings. The molecule has 0 aliphatic carbocycles. The number of halogens is 4. The van der Waals surface area contributed by atoms with Gasteiger partial charge in [-0.15, -0.1) is 11.3 Å². The first-order valence-corrected chi connectivity index (χ1v) is 6.17. The zero-order valence-electron chi connectivity index (χ0n) is 6.97. The molecule has 2 aromatic rings. The van der Waals surface area contributed by atoms with Crippen molar-refractivity contribution in [3.63, 3.8) is 0 Å². The highest BCUT2D eigenvalue weighted by Gasteiger charge is 2.13. The van der Waals surface area contributed by atoms with Crippen molar-refractivity contribution >= 4 is 43.2 Å². The largest absolute Gasteiger partial charge is 0.233 e. The number of hydrogen-bond donors (Lipinski definition) is 0. The Morgan fingerprint density at radius 3 is 2.20 bits per heavy atom. The fraction of sp³-hybridized carbons (Fsp3) is 0. The summed E-state index contributed by atoms with van der Waals surface area (Å²) in [4.78, 5) is 7.69. The lowest BCUT2D eigenvalue weighted by Gasteiger charge is -1.98. The molecule has 0 radical (unpaired) electrons. The summed E-state index contributed by atoms with van der Waals surface area (Å²) in [7, 11) is 0. The van der Waals surface area contributed by atoms with E-state index in [0.29, 0.717) is 4.88 Å². The van der Waals surface area contributed by atoms with Crippen molar-refractivity contribution in [1.29, 1.82) is 0 Å². The highest BCUT2D eigenvalue weighted by Crippen LogP contribution is 2.29. The third-order valence-corrected chi connectivity index (χ3v) is 3.90. The van der Waals surface area contributed by atoms with Crippen molar-refractivity contribution in [2.75, 3.05) is 0 Å². The Morgan fingerprint density at radius 1 is 1.13 bits per heavy atom. The molecule has 0 N–H and O–H groups in total. The van der Waals surface area contributed by atoms with E-state index < -0.39 is 11.9 Å². The molecular weight excluding hydrogens is 354 g/mol. The molecule has 0 aromatic carbocycles. The molecule has 2 aromatic heterocycles. The lowest BCUT2D eigenvalue weighted by Crippen LogP contribution is -1.97. The van der Waals surface area contributed by atoms with Crippen molar-refractivity contribution in [2.24, 2.45) is 0 Å². The smallest absolute Gasteiger partial charge is 0.197 e. The summed E-state index contributed by atoms with van der Waals surface area (Å²) in [5, 5.41) is 1.79. The Kier molecular flexibility index (Phi) is 3.13. The van der Waals surface area contributed by atoms with Gasteiger partial charge >= 0.3 is 0 Å². The number of aromatic nitrogens is 2. The maximum Gasteiger partial charge on any atom is 0.233 e. The average Bonchev–Trinajstić information content (AvgIpc) is 2.60. The van der Waals surface area contributed by atoms with E-state index in [0.717, 1.165) is 4.47 Å². The molecule has 0 saturated carbocycles. The number of rotatable bonds is 1. The van der Waals surface area contributed by atoms with Gasteiger partial charge in [-0.1, -0.05) is 0 Å². The maximum absolute atomic E-state index is 13.1. The van der Waals surface area contributed by atoms with Gasteiger partial charge in [-0.25, -0.2) is 0 Å². The summed E-state index contributed by atoms with van der Waals surface area (Å²) >= 11 is 7.25. The van der Waals surface area contributed by atoms with E-state index in [1.54, 1.807) is 11.4 Å². The normalized spacial score (nSPS) is 10.7. The molecule has 0 unspecified atom stereocenters. The minimum Gasteiger partial charge on any atom is -0.197 e. The summed E-state index contributed by atoms with van der Waals surface area (Å²) in [6.45, 7) is 0. The molecule has 15 heavy (non-hydrogen) atoms.